The molecule has 0 amide bonds. The van der Waals surface area contributed by atoms with E-state index in [1.54, 1.807) is 18.4 Å². The third kappa shape index (κ3) is 2.15. The molecule has 4 heteroatoms. The first-order chi connectivity index (χ1) is 8.36. The maximum atomic E-state index is 5.24. The highest BCUT2D eigenvalue weighted by atomic mass is 32.1. The topological polar surface area (TPSA) is 34.1 Å². The molecule has 1 fully saturated rings. The highest BCUT2D eigenvalue weighted by molar-refractivity contribution is 7.18. The van der Waals surface area contributed by atoms with Crippen molar-refractivity contribution in [2.24, 2.45) is 0 Å². The van der Waals surface area contributed by atoms with E-state index < -0.39 is 0 Å². The number of ether oxygens (including phenoxy) is 1. The van der Waals surface area contributed by atoms with E-state index >= 15 is 0 Å². The number of benzene rings is 1. The fraction of sp³-hybridized carbons (Fsp3) is 0.462. The van der Waals surface area contributed by atoms with Crippen molar-refractivity contribution in [1.82, 2.24) is 10.3 Å². The summed E-state index contributed by atoms with van der Waals surface area (Å²) in [5.41, 5.74) is 1.08. The molecule has 2 heterocycles. The molecule has 0 aliphatic carbocycles. The number of aromatic nitrogens is 1. The number of methoxy groups -OCH3 is 1. The molecule has 1 aliphatic heterocycles. The van der Waals surface area contributed by atoms with E-state index in [-0.39, 0.29) is 0 Å². The molecule has 0 radical (unpaired) electrons. The minimum absolute atomic E-state index is 0.451. The lowest BCUT2D eigenvalue weighted by Gasteiger charge is -2.20. The Labute approximate surface area is 105 Å². The predicted molar refractivity (Wildman–Crippen MR) is 70.8 cm³/mol. The van der Waals surface area contributed by atoms with Crippen molar-refractivity contribution >= 4 is 21.6 Å². The zero-order valence-corrected chi connectivity index (χ0v) is 10.7. The Hall–Kier alpha value is -1.13. The first kappa shape index (κ1) is 11.0. The Morgan fingerprint density at radius 1 is 1.41 bits per heavy atom. The third-order valence-electron chi connectivity index (χ3n) is 3.22. The molecule has 90 valence electrons. The summed E-state index contributed by atoms with van der Waals surface area (Å²) in [7, 11) is 1.70. The van der Waals surface area contributed by atoms with Crippen LogP contribution in [0.2, 0.25) is 0 Å². The highest BCUT2D eigenvalue weighted by Gasteiger charge is 2.18. The van der Waals surface area contributed by atoms with Gasteiger partial charge in [-0.25, -0.2) is 4.98 Å². The molecule has 3 nitrogen and oxygen atoms in total. The molecular formula is C13H16N2OS. The van der Waals surface area contributed by atoms with Gasteiger partial charge in [0.15, 0.2) is 0 Å². The van der Waals surface area contributed by atoms with Crippen molar-refractivity contribution in [2.75, 3.05) is 13.7 Å². The minimum atomic E-state index is 0.451. The lowest BCUT2D eigenvalue weighted by Crippen LogP contribution is -2.26. The normalized spacial score (nSPS) is 20.6. The fourth-order valence-electron chi connectivity index (χ4n) is 2.26. The molecule has 17 heavy (non-hydrogen) atoms. The highest BCUT2D eigenvalue weighted by Crippen LogP contribution is 2.32. The molecule has 1 aliphatic rings. The average Bonchev–Trinajstić information content (AvgIpc) is 2.82. The van der Waals surface area contributed by atoms with E-state index in [9.17, 15) is 0 Å². The fourth-order valence-corrected chi connectivity index (χ4v) is 3.37. The van der Waals surface area contributed by atoms with Crippen molar-refractivity contribution in [3.63, 3.8) is 0 Å². The predicted octanol–water partition coefficient (Wildman–Crippen LogP) is 3.12. The van der Waals surface area contributed by atoms with Gasteiger partial charge < -0.3 is 10.1 Å². The Morgan fingerprint density at radius 3 is 3.12 bits per heavy atom. The van der Waals surface area contributed by atoms with Gasteiger partial charge in [0.05, 0.1) is 23.4 Å². The van der Waals surface area contributed by atoms with Crippen LogP contribution in [-0.2, 0) is 0 Å². The van der Waals surface area contributed by atoms with Crippen LogP contribution in [0.4, 0.5) is 0 Å². The summed E-state index contributed by atoms with van der Waals surface area (Å²) in [6, 6.07) is 6.53. The molecule has 1 aromatic carbocycles. The van der Waals surface area contributed by atoms with Crippen LogP contribution < -0.4 is 10.1 Å². The molecule has 3 rings (SSSR count). The SMILES string of the molecule is COc1ccc2nc(C3CCCCN3)sc2c1. The van der Waals surface area contributed by atoms with Crippen LogP contribution in [0.15, 0.2) is 18.2 Å². The maximum Gasteiger partial charge on any atom is 0.120 e. The van der Waals surface area contributed by atoms with Gasteiger partial charge in [-0.2, -0.15) is 0 Å². The van der Waals surface area contributed by atoms with Gasteiger partial charge in [0.1, 0.15) is 10.8 Å². The van der Waals surface area contributed by atoms with Crippen LogP contribution in [0.25, 0.3) is 10.2 Å². The van der Waals surface area contributed by atoms with Gasteiger partial charge in [-0.05, 0) is 37.6 Å². The Morgan fingerprint density at radius 2 is 2.35 bits per heavy atom. The van der Waals surface area contributed by atoms with Gasteiger partial charge in [0.25, 0.3) is 0 Å². The van der Waals surface area contributed by atoms with Gasteiger partial charge in [-0.15, -0.1) is 11.3 Å². The van der Waals surface area contributed by atoms with Crippen molar-refractivity contribution in [2.45, 2.75) is 25.3 Å². The summed E-state index contributed by atoms with van der Waals surface area (Å²) in [6.07, 6.45) is 3.79. The third-order valence-corrected chi connectivity index (χ3v) is 4.35. The quantitative estimate of drug-likeness (QED) is 0.886. The van der Waals surface area contributed by atoms with Gasteiger partial charge >= 0.3 is 0 Å². The van der Waals surface area contributed by atoms with Crippen LogP contribution in [0, 0.1) is 0 Å². The number of nitrogens with zero attached hydrogens (tertiary/aromatic N) is 1. The average molecular weight is 248 g/mol. The molecular weight excluding hydrogens is 232 g/mol. The van der Waals surface area contributed by atoms with E-state index in [2.05, 4.69) is 11.4 Å². The van der Waals surface area contributed by atoms with Crippen LogP contribution >= 0.6 is 11.3 Å². The van der Waals surface area contributed by atoms with Crippen LogP contribution in [0.1, 0.15) is 30.3 Å². The molecule has 1 atom stereocenters. The van der Waals surface area contributed by atoms with Gasteiger partial charge in [-0.1, -0.05) is 6.42 Å². The summed E-state index contributed by atoms with van der Waals surface area (Å²) in [4.78, 5) is 4.71. The Balaban J connectivity index is 1.95. The lowest BCUT2D eigenvalue weighted by molar-refractivity contribution is 0.411. The van der Waals surface area contributed by atoms with Crippen molar-refractivity contribution in [1.29, 1.82) is 0 Å². The number of rotatable bonds is 2. The summed E-state index contributed by atoms with van der Waals surface area (Å²) >= 11 is 1.78. The van der Waals surface area contributed by atoms with E-state index in [4.69, 9.17) is 9.72 Å². The van der Waals surface area contributed by atoms with Crippen LogP contribution in [0.5, 0.6) is 5.75 Å². The number of fused-ring (bicyclic) bond motifs is 1. The van der Waals surface area contributed by atoms with Crippen molar-refractivity contribution in [3.8, 4) is 5.75 Å². The van der Waals surface area contributed by atoms with E-state index in [0.29, 0.717) is 6.04 Å². The monoisotopic (exact) mass is 248 g/mol. The second-order valence-electron chi connectivity index (χ2n) is 4.39. The summed E-state index contributed by atoms with van der Waals surface area (Å²) in [6.45, 7) is 1.11. The zero-order valence-electron chi connectivity index (χ0n) is 9.90. The first-order valence-electron chi connectivity index (χ1n) is 6.05. The smallest absolute Gasteiger partial charge is 0.120 e. The summed E-state index contributed by atoms with van der Waals surface area (Å²) < 4.78 is 6.45. The summed E-state index contributed by atoms with van der Waals surface area (Å²) in [5, 5.41) is 4.76. The minimum Gasteiger partial charge on any atom is -0.497 e. The Kier molecular flexibility index (Phi) is 2.99. The molecule has 1 saturated heterocycles. The van der Waals surface area contributed by atoms with Gasteiger partial charge in [-0.3, -0.25) is 0 Å². The number of hydrogen-bond donors (Lipinski definition) is 1. The number of hydrogen-bond acceptors (Lipinski definition) is 4. The van der Waals surface area contributed by atoms with Crippen molar-refractivity contribution < 1.29 is 4.74 Å². The zero-order chi connectivity index (χ0) is 11.7. The van der Waals surface area contributed by atoms with Crippen molar-refractivity contribution in [3.05, 3.63) is 23.2 Å². The molecule has 0 bridgehead atoms. The molecule has 1 aromatic heterocycles. The van der Waals surface area contributed by atoms with Crippen LogP contribution in [0.3, 0.4) is 0 Å². The molecule has 2 aromatic rings. The first-order valence-corrected chi connectivity index (χ1v) is 6.86. The van der Waals surface area contributed by atoms with E-state index in [0.717, 1.165) is 17.8 Å². The molecule has 0 spiro atoms. The second-order valence-corrected chi connectivity index (χ2v) is 5.45. The van der Waals surface area contributed by atoms with Gasteiger partial charge in [0, 0.05) is 0 Å². The second kappa shape index (κ2) is 4.63. The lowest BCUT2D eigenvalue weighted by atomic mass is 10.1. The molecule has 1 N–H and O–H groups in total. The van der Waals surface area contributed by atoms with E-state index in [1.807, 2.05) is 12.1 Å². The number of nitrogens with one attached hydrogen (secondary N) is 1. The standard InChI is InChI=1S/C13H16N2OS/c1-16-9-5-6-10-12(8-9)17-13(15-10)11-4-2-3-7-14-11/h5-6,8,11,14H,2-4,7H2,1H3. The van der Waals surface area contributed by atoms with Crippen LogP contribution in [-0.4, -0.2) is 18.6 Å². The Bertz CT molecular complexity index is 517. The largest absolute Gasteiger partial charge is 0.497 e. The molecule has 1 unspecified atom stereocenters. The number of piperidine rings is 1. The maximum absolute atomic E-state index is 5.24. The number of thiazole rings is 1. The molecule has 0 saturated carbocycles. The van der Waals surface area contributed by atoms with Gasteiger partial charge in [0.2, 0.25) is 0 Å². The van der Waals surface area contributed by atoms with E-state index in [1.165, 1.54) is 29.0 Å². The summed E-state index contributed by atoms with van der Waals surface area (Å²) in [5.74, 6) is 0.907.